The van der Waals surface area contributed by atoms with Crippen LogP contribution in [0.15, 0.2) is 48.5 Å². The molecule has 1 unspecified atom stereocenters. The quantitative estimate of drug-likeness (QED) is 0.460. The molecule has 3 atom stereocenters. The summed E-state index contributed by atoms with van der Waals surface area (Å²) in [7, 11) is 1.95. The van der Waals surface area contributed by atoms with Crippen molar-refractivity contribution in [2.75, 3.05) is 39.8 Å². The molecule has 2 aliphatic heterocycles. The van der Waals surface area contributed by atoms with E-state index >= 15 is 0 Å². The highest BCUT2D eigenvalue weighted by atomic mass is 16.5. The van der Waals surface area contributed by atoms with E-state index in [0.717, 1.165) is 19.4 Å². The zero-order valence-corrected chi connectivity index (χ0v) is 19.6. The monoisotopic (exact) mass is 469 g/mol. The van der Waals surface area contributed by atoms with Crippen LogP contribution < -0.4 is 10.1 Å². The molecular formula is C26H35N3O5. The number of rotatable bonds is 8. The maximum absolute atomic E-state index is 13.1. The summed E-state index contributed by atoms with van der Waals surface area (Å²) in [6.45, 7) is 2.64. The minimum Gasteiger partial charge on any atom is -0.489 e. The number of piperidine rings is 1. The molecule has 8 heteroatoms. The van der Waals surface area contributed by atoms with Crippen LogP contribution in [0.1, 0.15) is 40.2 Å². The number of β-amino-alcohol motifs (C(OH)–C–C–N with tert-alkyl or cyclic N) is 2. The van der Waals surface area contributed by atoms with Crippen LogP contribution in [0.2, 0.25) is 0 Å². The first-order chi connectivity index (χ1) is 16.4. The molecule has 1 amide bonds. The van der Waals surface area contributed by atoms with Crippen LogP contribution in [0.3, 0.4) is 0 Å². The number of carbonyl (C=O) groups excluding carboxylic acids is 1. The zero-order valence-electron chi connectivity index (χ0n) is 19.6. The van der Waals surface area contributed by atoms with Gasteiger partial charge in [-0.3, -0.25) is 9.69 Å². The highest BCUT2D eigenvalue weighted by molar-refractivity contribution is 5.94. The van der Waals surface area contributed by atoms with Crippen LogP contribution in [0, 0.1) is 0 Å². The van der Waals surface area contributed by atoms with Crippen LogP contribution in [-0.2, 0) is 6.54 Å². The number of likely N-dealkylation sites (tertiary alicyclic amines) is 2. The zero-order chi connectivity index (χ0) is 24.1. The Morgan fingerprint density at radius 1 is 1.09 bits per heavy atom. The van der Waals surface area contributed by atoms with Crippen molar-refractivity contribution >= 4 is 5.91 Å². The fourth-order valence-electron chi connectivity index (χ4n) is 4.80. The van der Waals surface area contributed by atoms with E-state index in [1.165, 1.54) is 11.1 Å². The molecule has 0 radical (unpaired) electrons. The third kappa shape index (κ3) is 5.95. The lowest BCUT2D eigenvalue weighted by molar-refractivity contribution is -0.0216. The second-order valence-electron chi connectivity index (χ2n) is 9.25. The van der Waals surface area contributed by atoms with Crippen LogP contribution >= 0.6 is 0 Å². The number of ether oxygens (including phenoxy) is 1. The Labute approximate surface area is 200 Å². The summed E-state index contributed by atoms with van der Waals surface area (Å²) in [5, 5.41) is 32.8. The molecule has 2 fully saturated rings. The Morgan fingerprint density at radius 2 is 1.79 bits per heavy atom. The van der Waals surface area contributed by atoms with Crippen molar-refractivity contribution in [3.63, 3.8) is 0 Å². The summed E-state index contributed by atoms with van der Waals surface area (Å²) in [5.41, 5.74) is 3.18. The molecule has 0 saturated carbocycles. The number of aliphatic hydroxyl groups is 3. The molecule has 184 valence electrons. The Hall–Kier alpha value is -2.49. The molecule has 2 aliphatic rings. The molecule has 0 aliphatic carbocycles. The smallest absolute Gasteiger partial charge is 0.253 e. The van der Waals surface area contributed by atoms with E-state index in [-0.39, 0.29) is 25.6 Å². The van der Waals surface area contributed by atoms with Gasteiger partial charge in [-0.2, -0.15) is 0 Å². The molecule has 0 spiro atoms. The number of nitrogens with zero attached hydrogens (tertiary/aromatic N) is 2. The van der Waals surface area contributed by atoms with Crippen molar-refractivity contribution in [3.05, 3.63) is 65.2 Å². The SMILES string of the molecule is CNCc1cccc(C2CCN(C(=O)c3cccc(OCC(O)N4C[C@@H](O)[C@@H](O)C4)c3)CC2)c1. The van der Waals surface area contributed by atoms with Gasteiger partial charge in [-0.25, -0.2) is 0 Å². The van der Waals surface area contributed by atoms with E-state index in [4.69, 9.17) is 4.74 Å². The van der Waals surface area contributed by atoms with Crippen molar-refractivity contribution in [1.82, 2.24) is 15.1 Å². The summed E-state index contributed by atoms with van der Waals surface area (Å²) in [4.78, 5) is 16.6. The van der Waals surface area contributed by atoms with E-state index in [2.05, 4.69) is 29.6 Å². The van der Waals surface area contributed by atoms with Gasteiger partial charge in [0.15, 0.2) is 0 Å². The van der Waals surface area contributed by atoms with Gasteiger partial charge in [0.05, 0.1) is 12.2 Å². The van der Waals surface area contributed by atoms with Gasteiger partial charge in [0, 0.05) is 38.3 Å². The summed E-state index contributed by atoms with van der Waals surface area (Å²) in [6.07, 6.45) is -0.805. The van der Waals surface area contributed by atoms with Crippen LogP contribution in [0.25, 0.3) is 0 Å². The fraction of sp³-hybridized carbons (Fsp3) is 0.500. The third-order valence-electron chi connectivity index (χ3n) is 6.77. The van der Waals surface area contributed by atoms with Crippen molar-refractivity contribution in [3.8, 4) is 5.75 Å². The number of aliphatic hydroxyl groups excluding tert-OH is 3. The van der Waals surface area contributed by atoms with Gasteiger partial charge in [-0.15, -0.1) is 0 Å². The Kier molecular flexibility index (Phi) is 8.18. The summed E-state index contributed by atoms with van der Waals surface area (Å²) in [5.74, 6) is 0.945. The molecule has 34 heavy (non-hydrogen) atoms. The highest BCUT2D eigenvalue weighted by Crippen LogP contribution is 2.29. The molecule has 2 saturated heterocycles. The van der Waals surface area contributed by atoms with E-state index in [0.29, 0.717) is 30.3 Å². The molecule has 8 nitrogen and oxygen atoms in total. The van der Waals surface area contributed by atoms with E-state index in [9.17, 15) is 20.1 Å². The highest BCUT2D eigenvalue weighted by Gasteiger charge is 2.33. The number of hydrogen-bond donors (Lipinski definition) is 4. The number of nitrogens with one attached hydrogen (secondary N) is 1. The van der Waals surface area contributed by atoms with Gasteiger partial charge in [0.2, 0.25) is 0 Å². The number of carbonyl (C=O) groups is 1. The molecule has 2 aromatic rings. The first-order valence-corrected chi connectivity index (χ1v) is 12.0. The van der Waals surface area contributed by atoms with Gasteiger partial charge in [-0.1, -0.05) is 30.3 Å². The molecule has 0 bridgehead atoms. The van der Waals surface area contributed by atoms with Crippen LogP contribution in [-0.4, -0.2) is 89.3 Å². The largest absolute Gasteiger partial charge is 0.489 e. The van der Waals surface area contributed by atoms with E-state index in [1.54, 1.807) is 29.2 Å². The van der Waals surface area contributed by atoms with Gasteiger partial charge in [-0.05, 0) is 55.1 Å². The molecule has 2 aromatic carbocycles. The molecular weight excluding hydrogens is 434 g/mol. The number of hydrogen-bond acceptors (Lipinski definition) is 7. The first kappa shape index (κ1) is 24.6. The maximum atomic E-state index is 13.1. The number of benzene rings is 2. The normalized spacial score (nSPS) is 22.6. The molecule has 4 rings (SSSR count). The van der Waals surface area contributed by atoms with Crippen molar-refractivity contribution in [2.24, 2.45) is 0 Å². The first-order valence-electron chi connectivity index (χ1n) is 12.0. The Bertz CT molecular complexity index is 953. The summed E-state index contributed by atoms with van der Waals surface area (Å²) < 4.78 is 5.70. The van der Waals surface area contributed by atoms with Crippen molar-refractivity contribution in [1.29, 1.82) is 0 Å². The lowest BCUT2D eigenvalue weighted by atomic mass is 9.88. The summed E-state index contributed by atoms with van der Waals surface area (Å²) >= 11 is 0. The molecule has 4 N–H and O–H groups in total. The van der Waals surface area contributed by atoms with Crippen LogP contribution in [0.5, 0.6) is 5.75 Å². The average molecular weight is 470 g/mol. The molecule has 2 heterocycles. The molecule has 0 aromatic heterocycles. The fourth-order valence-corrected chi connectivity index (χ4v) is 4.80. The second-order valence-corrected chi connectivity index (χ2v) is 9.25. The van der Waals surface area contributed by atoms with Gasteiger partial charge >= 0.3 is 0 Å². The summed E-state index contributed by atoms with van der Waals surface area (Å²) in [6, 6.07) is 15.7. The van der Waals surface area contributed by atoms with Crippen molar-refractivity contribution in [2.45, 2.75) is 43.7 Å². The Morgan fingerprint density at radius 3 is 2.50 bits per heavy atom. The topological polar surface area (TPSA) is 106 Å². The Balaban J connectivity index is 1.30. The predicted molar refractivity (Wildman–Crippen MR) is 129 cm³/mol. The average Bonchev–Trinajstić information content (AvgIpc) is 3.21. The van der Waals surface area contributed by atoms with Crippen molar-refractivity contribution < 1.29 is 24.9 Å². The van der Waals surface area contributed by atoms with Gasteiger partial charge < -0.3 is 30.3 Å². The third-order valence-corrected chi connectivity index (χ3v) is 6.77. The second kappa shape index (κ2) is 11.3. The minimum absolute atomic E-state index is 0.0147. The number of amides is 1. The maximum Gasteiger partial charge on any atom is 0.253 e. The minimum atomic E-state index is -0.947. The van der Waals surface area contributed by atoms with E-state index in [1.807, 2.05) is 11.9 Å². The van der Waals surface area contributed by atoms with Crippen LogP contribution in [0.4, 0.5) is 0 Å². The predicted octanol–water partition coefficient (Wildman–Crippen LogP) is 1.16. The van der Waals surface area contributed by atoms with Gasteiger partial charge in [0.1, 0.15) is 18.6 Å². The lowest BCUT2D eigenvalue weighted by Gasteiger charge is -2.32. The standard InChI is InChI=1S/C26H35N3O5/c1-27-14-18-4-2-5-20(12-18)19-8-10-28(11-9-19)26(33)21-6-3-7-22(13-21)34-17-25(32)29-15-23(30)24(31)16-29/h2-7,12-13,19,23-25,27,30-32H,8-11,14-17H2,1H3/t23-,24+,25?. The van der Waals surface area contributed by atoms with E-state index < -0.39 is 18.4 Å². The van der Waals surface area contributed by atoms with Gasteiger partial charge in [0.25, 0.3) is 5.91 Å². The lowest BCUT2D eigenvalue weighted by Crippen LogP contribution is -2.38.